The Morgan fingerprint density at radius 3 is 2.85 bits per heavy atom. The second kappa shape index (κ2) is 4.33. The monoisotopic (exact) mass is 182 g/mol. The molecule has 3 heteroatoms. The van der Waals surface area contributed by atoms with Gasteiger partial charge in [0.05, 0.1) is 0 Å². The Morgan fingerprint density at radius 2 is 2.31 bits per heavy atom. The summed E-state index contributed by atoms with van der Waals surface area (Å²) in [6.45, 7) is 8.79. The zero-order valence-corrected chi connectivity index (χ0v) is 8.60. The van der Waals surface area contributed by atoms with Crippen LogP contribution in [-0.2, 0) is 4.74 Å². The molecule has 0 spiro atoms. The Bertz CT molecular complexity index is 203. The third-order valence-electron chi connectivity index (χ3n) is 2.44. The molecule has 74 valence electrons. The van der Waals surface area contributed by atoms with E-state index in [9.17, 15) is 0 Å². The number of methoxy groups -OCH3 is 1. The van der Waals surface area contributed by atoms with Gasteiger partial charge in [-0.05, 0) is 13.8 Å². The van der Waals surface area contributed by atoms with Crippen molar-refractivity contribution >= 4 is 0 Å². The van der Waals surface area contributed by atoms with Gasteiger partial charge in [-0.15, -0.1) is 6.58 Å². The summed E-state index contributed by atoms with van der Waals surface area (Å²) in [6, 6.07) is 0. The topological polar surface area (TPSA) is 15.7 Å². The van der Waals surface area contributed by atoms with Crippen LogP contribution in [0.3, 0.4) is 0 Å². The van der Waals surface area contributed by atoms with Crippen LogP contribution in [0.25, 0.3) is 0 Å². The molecule has 0 fully saturated rings. The summed E-state index contributed by atoms with van der Waals surface area (Å²) in [5.74, 6) is 0. The van der Waals surface area contributed by atoms with E-state index in [0.29, 0.717) is 6.17 Å². The van der Waals surface area contributed by atoms with Crippen LogP contribution < -0.4 is 0 Å². The molecule has 0 aromatic rings. The van der Waals surface area contributed by atoms with Crippen molar-refractivity contribution in [1.82, 2.24) is 9.80 Å². The van der Waals surface area contributed by atoms with Crippen molar-refractivity contribution in [1.29, 1.82) is 0 Å². The van der Waals surface area contributed by atoms with Crippen molar-refractivity contribution in [3.63, 3.8) is 0 Å². The van der Waals surface area contributed by atoms with Gasteiger partial charge in [-0.25, -0.2) is 0 Å². The minimum atomic E-state index is 0.126. The van der Waals surface area contributed by atoms with Crippen LogP contribution in [0.5, 0.6) is 0 Å². The molecular weight excluding hydrogens is 164 g/mol. The molecule has 0 N–H and O–H groups in total. The highest BCUT2D eigenvalue weighted by Gasteiger charge is 2.24. The van der Waals surface area contributed by atoms with E-state index in [1.54, 1.807) is 7.11 Å². The molecule has 1 aliphatic rings. The Hall–Kier alpha value is -0.960. The smallest absolute Gasteiger partial charge is 0.128 e. The standard InChI is InChI=1S/C10H18N2O/c1-5-6-11-7-8-12(9(11)2)10(3)13-4/h5,7-10H,1,6H2,2-4H3. The number of ether oxygens (including phenoxy) is 1. The zero-order chi connectivity index (χ0) is 9.84. The summed E-state index contributed by atoms with van der Waals surface area (Å²) in [5.41, 5.74) is 0. The molecule has 0 saturated heterocycles. The highest BCUT2D eigenvalue weighted by Crippen LogP contribution is 2.18. The highest BCUT2D eigenvalue weighted by molar-refractivity contribution is 4.98. The van der Waals surface area contributed by atoms with Crippen LogP contribution in [0.15, 0.2) is 25.1 Å². The normalized spacial score (nSPS) is 23.8. The summed E-state index contributed by atoms with van der Waals surface area (Å²) in [6.07, 6.45) is 6.51. The first kappa shape index (κ1) is 10.1. The first-order valence-electron chi connectivity index (χ1n) is 4.56. The van der Waals surface area contributed by atoms with Gasteiger partial charge >= 0.3 is 0 Å². The Morgan fingerprint density at radius 1 is 1.62 bits per heavy atom. The first-order chi connectivity index (χ1) is 6.20. The van der Waals surface area contributed by atoms with E-state index in [1.165, 1.54) is 0 Å². The minimum Gasteiger partial charge on any atom is -0.362 e. The summed E-state index contributed by atoms with van der Waals surface area (Å²) in [4.78, 5) is 4.38. The van der Waals surface area contributed by atoms with E-state index in [-0.39, 0.29) is 6.23 Å². The van der Waals surface area contributed by atoms with Gasteiger partial charge in [-0.3, -0.25) is 0 Å². The molecule has 0 aromatic heterocycles. The molecule has 0 amide bonds. The molecule has 2 atom stereocenters. The fourth-order valence-electron chi connectivity index (χ4n) is 1.49. The molecule has 1 rings (SSSR count). The molecule has 0 saturated carbocycles. The second-order valence-corrected chi connectivity index (χ2v) is 3.20. The van der Waals surface area contributed by atoms with Gasteiger partial charge in [-0.1, -0.05) is 6.08 Å². The number of hydrogen-bond acceptors (Lipinski definition) is 3. The number of hydrogen-bond donors (Lipinski definition) is 0. The highest BCUT2D eigenvalue weighted by atomic mass is 16.5. The maximum atomic E-state index is 5.25. The lowest BCUT2D eigenvalue weighted by Gasteiger charge is -2.32. The Balaban J connectivity index is 2.55. The third kappa shape index (κ3) is 2.04. The lowest BCUT2D eigenvalue weighted by molar-refractivity contribution is -0.0253. The number of rotatable bonds is 4. The molecule has 0 aliphatic carbocycles. The van der Waals surface area contributed by atoms with Gasteiger partial charge < -0.3 is 14.5 Å². The third-order valence-corrected chi connectivity index (χ3v) is 2.44. The number of nitrogens with zero attached hydrogens (tertiary/aromatic N) is 2. The van der Waals surface area contributed by atoms with Crippen LogP contribution in [-0.4, -0.2) is 35.8 Å². The summed E-state index contributed by atoms with van der Waals surface area (Å²) in [5, 5.41) is 0. The molecule has 0 bridgehead atoms. The van der Waals surface area contributed by atoms with Crippen molar-refractivity contribution in [2.24, 2.45) is 0 Å². The first-order valence-corrected chi connectivity index (χ1v) is 4.56. The lowest BCUT2D eigenvalue weighted by Crippen LogP contribution is -2.41. The molecular formula is C10H18N2O. The molecule has 0 radical (unpaired) electrons. The lowest BCUT2D eigenvalue weighted by atomic mass is 10.4. The molecule has 1 aliphatic heterocycles. The molecule has 1 heterocycles. The van der Waals surface area contributed by atoms with Crippen molar-refractivity contribution in [2.45, 2.75) is 26.2 Å². The second-order valence-electron chi connectivity index (χ2n) is 3.20. The van der Waals surface area contributed by atoms with Gasteiger partial charge in [0.25, 0.3) is 0 Å². The largest absolute Gasteiger partial charge is 0.362 e. The predicted octanol–water partition coefficient (Wildman–Crippen LogP) is 1.60. The maximum absolute atomic E-state index is 5.25. The van der Waals surface area contributed by atoms with Crippen LogP contribution in [0.4, 0.5) is 0 Å². The van der Waals surface area contributed by atoms with Crippen LogP contribution in [0, 0.1) is 0 Å². The van der Waals surface area contributed by atoms with Gasteiger partial charge in [-0.2, -0.15) is 0 Å². The summed E-state index contributed by atoms with van der Waals surface area (Å²) < 4.78 is 5.25. The molecule has 2 unspecified atom stereocenters. The molecule has 0 aromatic carbocycles. The molecule has 3 nitrogen and oxygen atoms in total. The van der Waals surface area contributed by atoms with Gasteiger partial charge in [0.2, 0.25) is 0 Å². The van der Waals surface area contributed by atoms with Crippen LogP contribution in [0.1, 0.15) is 13.8 Å². The van der Waals surface area contributed by atoms with E-state index in [4.69, 9.17) is 4.74 Å². The minimum absolute atomic E-state index is 0.126. The molecule has 13 heavy (non-hydrogen) atoms. The van der Waals surface area contributed by atoms with E-state index in [0.717, 1.165) is 6.54 Å². The van der Waals surface area contributed by atoms with Crippen molar-refractivity contribution < 1.29 is 4.74 Å². The van der Waals surface area contributed by atoms with Gasteiger partial charge in [0, 0.05) is 26.1 Å². The van der Waals surface area contributed by atoms with Gasteiger partial charge in [0.15, 0.2) is 0 Å². The maximum Gasteiger partial charge on any atom is 0.128 e. The summed E-state index contributed by atoms with van der Waals surface area (Å²) >= 11 is 0. The van der Waals surface area contributed by atoms with Crippen molar-refractivity contribution in [3.05, 3.63) is 25.1 Å². The Labute approximate surface area is 80.3 Å². The quantitative estimate of drug-likeness (QED) is 0.614. The fourth-order valence-corrected chi connectivity index (χ4v) is 1.49. The van der Waals surface area contributed by atoms with Crippen molar-refractivity contribution in [3.8, 4) is 0 Å². The zero-order valence-electron chi connectivity index (χ0n) is 8.60. The average molecular weight is 182 g/mol. The van der Waals surface area contributed by atoms with Crippen LogP contribution >= 0.6 is 0 Å². The fraction of sp³-hybridized carbons (Fsp3) is 0.600. The Kier molecular flexibility index (Phi) is 3.37. The SMILES string of the molecule is C=CCN1C=CN(C(C)OC)C1C. The van der Waals surface area contributed by atoms with E-state index in [2.05, 4.69) is 35.7 Å². The van der Waals surface area contributed by atoms with Gasteiger partial charge in [0.1, 0.15) is 12.4 Å². The van der Waals surface area contributed by atoms with E-state index in [1.807, 2.05) is 13.0 Å². The van der Waals surface area contributed by atoms with E-state index >= 15 is 0 Å². The summed E-state index contributed by atoms with van der Waals surface area (Å²) in [7, 11) is 1.72. The predicted molar refractivity (Wildman–Crippen MR) is 53.8 cm³/mol. The van der Waals surface area contributed by atoms with Crippen LogP contribution in [0.2, 0.25) is 0 Å². The average Bonchev–Trinajstić information content (AvgIpc) is 2.48. The van der Waals surface area contributed by atoms with Crippen molar-refractivity contribution in [2.75, 3.05) is 13.7 Å². The van der Waals surface area contributed by atoms with E-state index < -0.39 is 0 Å².